The lowest BCUT2D eigenvalue weighted by molar-refractivity contribution is 0.109. The normalized spacial score (nSPS) is 27.4. The summed E-state index contributed by atoms with van der Waals surface area (Å²) in [5.41, 5.74) is 3.15. The van der Waals surface area contributed by atoms with E-state index in [-0.39, 0.29) is 5.41 Å². The zero-order valence-corrected chi connectivity index (χ0v) is 13.9. The molecule has 1 aromatic carbocycles. The van der Waals surface area contributed by atoms with Gasteiger partial charge in [-0.2, -0.15) is 0 Å². The number of rotatable bonds is 2. The average molecular weight is 286 g/mol. The fraction of sp³-hybridized carbons (Fsp3) is 0.684. The molecule has 3 rings (SSSR count). The summed E-state index contributed by atoms with van der Waals surface area (Å²) in [6.07, 6.45) is 4.09. The molecule has 2 fully saturated rings. The molecule has 0 saturated carbocycles. The van der Waals surface area contributed by atoms with E-state index in [1.807, 2.05) is 0 Å². The molecule has 0 aliphatic carbocycles. The first-order chi connectivity index (χ1) is 10.0. The van der Waals surface area contributed by atoms with Crippen molar-refractivity contribution < 1.29 is 0 Å². The average Bonchev–Trinajstić information content (AvgIpc) is 2.47. The van der Waals surface area contributed by atoms with Crippen molar-refractivity contribution in [2.75, 3.05) is 19.6 Å². The molecule has 1 N–H and O–H groups in total. The van der Waals surface area contributed by atoms with Crippen molar-refractivity contribution in [3.8, 4) is 0 Å². The third-order valence-corrected chi connectivity index (χ3v) is 5.20. The maximum Gasteiger partial charge on any atom is 0.0233 e. The van der Waals surface area contributed by atoms with Crippen LogP contribution < -0.4 is 5.32 Å². The van der Waals surface area contributed by atoms with Gasteiger partial charge in [-0.25, -0.2) is 0 Å². The monoisotopic (exact) mass is 286 g/mol. The Morgan fingerprint density at radius 2 is 1.90 bits per heavy atom. The van der Waals surface area contributed by atoms with E-state index in [9.17, 15) is 0 Å². The number of likely N-dealkylation sites (tertiary alicyclic amines) is 1. The van der Waals surface area contributed by atoms with Crippen molar-refractivity contribution in [1.82, 2.24) is 10.2 Å². The Balaban J connectivity index is 1.59. The zero-order chi connectivity index (χ0) is 14.9. The number of benzene rings is 1. The first-order valence-electron chi connectivity index (χ1n) is 8.57. The van der Waals surface area contributed by atoms with E-state index < -0.39 is 0 Å². The first-order valence-corrected chi connectivity index (χ1v) is 8.57. The third-order valence-electron chi connectivity index (χ3n) is 5.20. The van der Waals surface area contributed by atoms with Gasteiger partial charge >= 0.3 is 0 Å². The second-order valence-electron chi connectivity index (χ2n) is 7.93. The Kier molecular flexibility index (Phi) is 4.37. The molecule has 2 aliphatic heterocycles. The van der Waals surface area contributed by atoms with Crippen molar-refractivity contribution >= 4 is 0 Å². The molecule has 116 valence electrons. The molecule has 2 heteroatoms. The van der Waals surface area contributed by atoms with Crippen LogP contribution in [0.4, 0.5) is 0 Å². The zero-order valence-electron chi connectivity index (χ0n) is 13.9. The molecule has 0 aromatic heterocycles. The summed E-state index contributed by atoms with van der Waals surface area (Å²) in [6.45, 7) is 11.7. The molecule has 2 saturated heterocycles. The van der Waals surface area contributed by atoms with Gasteiger partial charge in [0.25, 0.3) is 0 Å². The number of fused-ring (bicyclic) bond motifs is 1. The van der Waals surface area contributed by atoms with Crippen LogP contribution in [0.25, 0.3) is 0 Å². The van der Waals surface area contributed by atoms with Gasteiger partial charge in [-0.15, -0.1) is 0 Å². The van der Waals surface area contributed by atoms with Crippen LogP contribution in [0.3, 0.4) is 0 Å². The largest absolute Gasteiger partial charge is 0.314 e. The van der Waals surface area contributed by atoms with Crippen molar-refractivity contribution in [1.29, 1.82) is 0 Å². The molecule has 0 bridgehead atoms. The number of nitrogens with one attached hydrogen (secondary N) is 1. The molecule has 2 atom stereocenters. The van der Waals surface area contributed by atoms with Gasteiger partial charge in [-0.1, -0.05) is 45.0 Å². The quantitative estimate of drug-likeness (QED) is 0.894. The van der Waals surface area contributed by atoms with Crippen molar-refractivity contribution in [3.63, 3.8) is 0 Å². The van der Waals surface area contributed by atoms with E-state index in [2.05, 4.69) is 55.3 Å². The fourth-order valence-electron chi connectivity index (χ4n) is 3.83. The summed E-state index contributed by atoms with van der Waals surface area (Å²) in [5.74, 6) is 0.876. The molecular formula is C19H30N2. The van der Waals surface area contributed by atoms with E-state index in [4.69, 9.17) is 0 Å². The summed E-state index contributed by atoms with van der Waals surface area (Å²) in [5, 5.41) is 3.70. The molecular weight excluding hydrogens is 256 g/mol. The second kappa shape index (κ2) is 6.10. The molecule has 21 heavy (non-hydrogen) atoms. The second-order valence-corrected chi connectivity index (χ2v) is 7.93. The molecule has 2 aliphatic rings. The highest BCUT2D eigenvalue weighted by Gasteiger charge is 2.30. The minimum atomic E-state index is 0.255. The summed E-state index contributed by atoms with van der Waals surface area (Å²) >= 11 is 0. The molecule has 0 amide bonds. The SMILES string of the molecule is CC(C)(C)c1ccc(CN2CCC3NCCCC3C2)cc1. The lowest BCUT2D eigenvalue weighted by Gasteiger charge is -2.41. The van der Waals surface area contributed by atoms with Gasteiger partial charge in [-0.3, -0.25) is 4.90 Å². The Labute approximate surface area is 129 Å². The van der Waals surface area contributed by atoms with Crippen LogP contribution in [0.15, 0.2) is 24.3 Å². The number of nitrogens with zero attached hydrogens (tertiary/aromatic N) is 1. The van der Waals surface area contributed by atoms with E-state index in [1.54, 1.807) is 0 Å². The van der Waals surface area contributed by atoms with Crippen LogP contribution in [0, 0.1) is 5.92 Å². The minimum Gasteiger partial charge on any atom is -0.314 e. The van der Waals surface area contributed by atoms with Gasteiger partial charge in [-0.05, 0) is 54.8 Å². The van der Waals surface area contributed by atoms with Crippen LogP contribution in [-0.2, 0) is 12.0 Å². The molecule has 2 nitrogen and oxygen atoms in total. The van der Waals surface area contributed by atoms with Gasteiger partial charge in [0.15, 0.2) is 0 Å². The smallest absolute Gasteiger partial charge is 0.0233 e. The number of hydrogen-bond donors (Lipinski definition) is 1. The first kappa shape index (κ1) is 15.1. The Morgan fingerprint density at radius 3 is 2.62 bits per heavy atom. The maximum absolute atomic E-state index is 3.70. The molecule has 0 spiro atoms. The Hall–Kier alpha value is -0.860. The van der Waals surface area contributed by atoms with Crippen LogP contribution >= 0.6 is 0 Å². The number of hydrogen-bond acceptors (Lipinski definition) is 2. The van der Waals surface area contributed by atoms with Gasteiger partial charge in [0.2, 0.25) is 0 Å². The van der Waals surface area contributed by atoms with Gasteiger partial charge < -0.3 is 5.32 Å². The van der Waals surface area contributed by atoms with Gasteiger partial charge in [0, 0.05) is 19.1 Å². The Bertz CT molecular complexity index is 457. The third kappa shape index (κ3) is 3.67. The highest BCUT2D eigenvalue weighted by atomic mass is 15.2. The van der Waals surface area contributed by atoms with E-state index in [0.717, 1.165) is 18.5 Å². The molecule has 2 unspecified atom stereocenters. The molecule has 0 radical (unpaired) electrons. The summed E-state index contributed by atoms with van der Waals surface area (Å²) in [6, 6.07) is 10.1. The predicted molar refractivity (Wildman–Crippen MR) is 89.6 cm³/mol. The van der Waals surface area contributed by atoms with Crippen LogP contribution in [0.2, 0.25) is 0 Å². The van der Waals surface area contributed by atoms with E-state index >= 15 is 0 Å². The topological polar surface area (TPSA) is 15.3 Å². The van der Waals surface area contributed by atoms with Crippen molar-refractivity contribution in [2.24, 2.45) is 5.92 Å². The lowest BCUT2D eigenvalue weighted by Crippen LogP contribution is -2.51. The molecule has 1 aromatic rings. The van der Waals surface area contributed by atoms with Gasteiger partial charge in [0.1, 0.15) is 0 Å². The lowest BCUT2D eigenvalue weighted by atomic mass is 9.85. The fourth-order valence-corrected chi connectivity index (χ4v) is 3.83. The van der Waals surface area contributed by atoms with Gasteiger partial charge in [0.05, 0.1) is 0 Å². The highest BCUT2D eigenvalue weighted by Crippen LogP contribution is 2.26. The highest BCUT2D eigenvalue weighted by molar-refractivity contribution is 5.27. The minimum absolute atomic E-state index is 0.255. The van der Waals surface area contributed by atoms with Crippen LogP contribution in [0.5, 0.6) is 0 Å². The predicted octanol–water partition coefficient (Wildman–Crippen LogP) is 3.56. The summed E-state index contributed by atoms with van der Waals surface area (Å²) < 4.78 is 0. The standard InChI is InChI=1S/C19H30N2/c1-19(2,3)17-8-6-15(7-9-17)13-21-12-10-18-16(14-21)5-4-11-20-18/h6-9,16,18,20H,4-5,10-14H2,1-3H3. The maximum atomic E-state index is 3.70. The number of piperidine rings is 2. The summed E-state index contributed by atoms with van der Waals surface area (Å²) in [7, 11) is 0. The Morgan fingerprint density at radius 1 is 1.14 bits per heavy atom. The van der Waals surface area contributed by atoms with E-state index in [1.165, 1.54) is 50.0 Å². The van der Waals surface area contributed by atoms with Crippen LogP contribution in [-0.4, -0.2) is 30.6 Å². The van der Waals surface area contributed by atoms with Crippen LogP contribution in [0.1, 0.15) is 51.2 Å². The van der Waals surface area contributed by atoms with Crippen molar-refractivity contribution in [3.05, 3.63) is 35.4 Å². The summed E-state index contributed by atoms with van der Waals surface area (Å²) in [4.78, 5) is 2.65. The van der Waals surface area contributed by atoms with E-state index in [0.29, 0.717) is 0 Å². The molecule has 2 heterocycles. The van der Waals surface area contributed by atoms with Crippen molar-refractivity contribution in [2.45, 2.75) is 58.0 Å².